The summed E-state index contributed by atoms with van der Waals surface area (Å²) < 4.78 is 6.16. The number of thiophene rings is 1. The predicted octanol–water partition coefficient (Wildman–Crippen LogP) is 4.18. The Bertz CT molecular complexity index is 848. The van der Waals surface area contributed by atoms with Gasteiger partial charge in [-0.15, -0.1) is 11.3 Å². The van der Waals surface area contributed by atoms with Crippen LogP contribution in [0.2, 0.25) is 0 Å². The van der Waals surface area contributed by atoms with Crippen molar-refractivity contribution in [1.29, 1.82) is 0 Å². The normalized spacial score (nSPS) is 14.8. The maximum absolute atomic E-state index is 12.5. The molecule has 0 spiro atoms. The van der Waals surface area contributed by atoms with Crippen molar-refractivity contribution in [1.82, 2.24) is 9.97 Å². The Morgan fingerprint density at radius 3 is 2.76 bits per heavy atom. The van der Waals surface area contributed by atoms with Crippen molar-refractivity contribution in [3.63, 3.8) is 0 Å². The van der Waals surface area contributed by atoms with E-state index in [2.05, 4.69) is 9.88 Å². The van der Waals surface area contributed by atoms with Gasteiger partial charge in [0.25, 0.3) is 0 Å². The summed E-state index contributed by atoms with van der Waals surface area (Å²) in [5, 5.41) is 1.10. The zero-order valence-corrected chi connectivity index (χ0v) is 15.7. The molecule has 4 heterocycles. The molecule has 7 heteroatoms. The number of thiazole rings is 1. The fraction of sp³-hybridized carbons (Fsp3) is 0.389. The number of fused-ring (bicyclic) bond motifs is 1. The number of hydrogen-bond acceptors (Lipinski definition) is 7. The standard InChI is InChI=1S/C18H19N3O2S2/c1-23-16-6-5-12(11-19-16)9-13(22)14-10-15-17(24-14)20-18(25-15)21-7-3-2-4-8-21/h5-6,10-11H,2-4,7-9H2,1H3. The molecule has 130 valence electrons. The molecule has 1 aliphatic rings. The minimum atomic E-state index is 0.113. The van der Waals surface area contributed by atoms with Gasteiger partial charge < -0.3 is 9.64 Å². The molecular weight excluding hydrogens is 354 g/mol. The van der Waals surface area contributed by atoms with E-state index >= 15 is 0 Å². The number of nitrogens with zero attached hydrogens (tertiary/aromatic N) is 3. The zero-order valence-electron chi connectivity index (χ0n) is 14.0. The molecule has 0 bridgehead atoms. The third-order valence-corrected chi connectivity index (χ3v) is 6.61. The summed E-state index contributed by atoms with van der Waals surface area (Å²) in [5.41, 5.74) is 0.893. The summed E-state index contributed by atoms with van der Waals surface area (Å²) in [6, 6.07) is 5.65. The minimum Gasteiger partial charge on any atom is -0.481 e. The molecular formula is C18H19N3O2S2. The maximum Gasteiger partial charge on any atom is 0.212 e. The van der Waals surface area contributed by atoms with Gasteiger partial charge in [0.15, 0.2) is 10.9 Å². The first-order valence-corrected chi connectivity index (χ1v) is 10.0. The number of ether oxygens (including phenoxy) is 1. The van der Waals surface area contributed by atoms with E-state index < -0.39 is 0 Å². The fourth-order valence-electron chi connectivity index (χ4n) is 2.99. The van der Waals surface area contributed by atoms with Crippen molar-refractivity contribution < 1.29 is 9.53 Å². The van der Waals surface area contributed by atoms with E-state index in [0.717, 1.165) is 38.2 Å². The first kappa shape index (κ1) is 16.5. The molecule has 0 N–H and O–H groups in total. The summed E-state index contributed by atoms with van der Waals surface area (Å²) in [7, 11) is 1.58. The predicted molar refractivity (Wildman–Crippen MR) is 102 cm³/mol. The lowest BCUT2D eigenvalue weighted by atomic mass is 10.1. The first-order chi connectivity index (χ1) is 12.2. The van der Waals surface area contributed by atoms with Gasteiger partial charge >= 0.3 is 0 Å². The van der Waals surface area contributed by atoms with Gasteiger partial charge in [-0.3, -0.25) is 4.79 Å². The highest BCUT2D eigenvalue weighted by Crippen LogP contribution is 2.36. The number of pyridine rings is 1. The van der Waals surface area contributed by atoms with Crippen molar-refractivity contribution in [3.05, 3.63) is 34.8 Å². The third kappa shape index (κ3) is 3.52. The molecule has 0 saturated carbocycles. The molecule has 4 rings (SSSR count). The van der Waals surface area contributed by atoms with Crippen LogP contribution in [0.25, 0.3) is 9.53 Å². The van der Waals surface area contributed by atoms with E-state index in [1.807, 2.05) is 12.1 Å². The summed E-state index contributed by atoms with van der Waals surface area (Å²) in [6.07, 6.45) is 5.85. The highest BCUT2D eigenvalue weighted by Gasteiger charge is 2.18. The van der Waals surface area contributed by atoms with E-state index in [1.165, 1.54) is 30.6 Å². The van der Waals surface area contributed by atoms with Gasteiger partial charge in [-0.05, 0) is 30.9 Å². The van der Waals surface area contributed by atoms with Crippen molar-refractivity contribution >= 4 is 43.1 Å². The smallest absolute Gasteiger partial charge is 0.212 e. The van der Waals surface area contributed by atoms with E-state index in [1.54, 1.807) is 30.7 Å². The fourth-order valence-corrected chi connectivity index (χ4v) is 5.19. The molecule has 0 amide bonds. The lowest BCUT2D eigenvalue weighted by Gasteiger charge is -2.25. The average molecular weight is 374 g/mol. The van der Waals surface area contributed by atoms with Crippen LogP contribution in [0.1, 0.15) is 34.5 Å². The van der Waals surface area contributed by atoms with Crippen molar-refractivity contribution in [2.24, 2.45) is 0 Å². The second-order valence-corrected chi connectivity index (χ2v) is 8.17. The maximum atomic E-state index is 12.5. The molecule has 25 heavy (non-hydrogen) atoms. The number of Topliss-reactive ketones (excluding diaryl/α,β-unsaturated/α-hetero) is 1. The summed E-state index contributed by atoms with van der Waals surface area (Å²) in [4.78, 5) is 25.6. The van der Waals surface area contributed by atoms with Gasteiger partial charge in [0.1, 0.15) is 4.83 Å². The van der Waals surface area contributed by atoms with E-state index in [-0.39, 0.29) is 5.78 Å². The van der Waals surface area contributed by atoms with E-state index in [0.29, 0.717) is 12.3 Å². The van der Waals surface area contributed by atoms with Crippen molar-refractivity contribution in [2.75, 3.05) is 25.1 Å². The lowest BCUT2D eigenvalue weighted by molar-refractivity contribution is 0.0996. The Labute approximate surface area is 154 Å². The Kier molecular flexibility index (Phi) is 4.67. The second-order valence-electron chi connectivity index (χ2n) is 6.13. The van der Waals surface area contributed by atoms with Crippen LogP contribution in [-0.2, 0) is 6.42 Å². The summed E-state index contributed by atoms with van der Waals surface area (Å²) >= 11 is 3.19. The second kappa shape index (κ2) is 7.09. The molecule has 0 aromatic carbocycles. The Hall–Kier alpha value is -1.99. The van der Waals surface area contributed by atoms with Crippen molar-refractivity contribution in [3.8, 4) is 5.88 Å². The SMILES string of the molecule is COc1ccc(CC(=O)c2cc3sc(N4CCCCC4)nc3s2)cn1. The topological polar surface area (TPSA) is 55.3 Å². The number of aromatic nitrogens is 2. The number of piperidine rings is 1. The highest BCUT2D eigenvalue weighted by atomic mass is 32.1. The van der Waals surface area contributed by atoms with E-state index in [4.69, 9.17) is 9.72 Å². The number of carbonyl (C=O) groups is 1. The van der Waals surface area contributed by atoms with Gasteiger partial charge in [0.2, 0.25) is 5.88 Å². The largest absolute Gasteiger partial charge is 0.481 e. The molecule has 0 unspecified atom stereocenters. The van der Waals surface area contributed by atoms with Crippen LogP contribution < -0.4 is 9.64 Å². The number of ketones is 1. The number of anilines is 1. The number of hydrogen-bond donors (Lipinski definition) is 0. The number of rotatable bonds is 5. The molecule has 5 nitrogen and oxygen atoms in total. The van der Waals surface area contributed by atoms with Crippen LogP contribution in [0.5, 0.6) is 5.88 Å². The molecule has 1 fully saturated rings. The van der Waals surface area contributed by atoms with Crippen LogP contribution in [0.4, 0.5) is 5.13 Å². The van der Waals surface area contributed by atoms with Gasteiger partial charge in [0.05, 0.1) is 16.7 Å². The van der Waals surface area contributed by atoms with Crippen LogP contribution in [0.3, 0.4) is 0 Å². The molecule has 3 aromatic rings. The third-order valence-electron chi connectivity index (χ3n) is 4.35. The van der Waals surface area contributed by atoms with Gasteiger partial charge in [-0.1, -0.05) is 17.4 Å². The molecule has 1 aliphatic heterocycles. The lowest BCUT2D eigenvalue weighted by Crippen LogP contribution is -2.29. The summed E-state index contributed by atoms with van der Waals surface area (Å²) in [5.74, 6) is 0.670. The van der Waals surface area contributed by atoms with Crippen LogP contribution >= 0.6 is 22.7 Å². The minimum absolute atomic E-state index is 0.113. The van der Waals surface area contributed by atoms with Crippen LogP contribution in [0, 0.1) is 0 Å². The summed E-state index contributed by atoms with van der Waals surface area (Å²) in [6.45, 7) is 2.19. The van der Waals surface area contributed by atoms with Crippen molar-refractivity contribution in [2.45, 2.75) is 25.7 Å². The number of methoxy groups -OCH3 is 1. The highest BCUT2D eigenvalue weighted by molar-refractivity contribution is 7.29. The number of carbonyl (C=O) groups excluding carboxylic acids is 1. The molecule has 3 aromatic heterocycles. The first-order valence-electron chi connectivity index (χ1n) is 8.40. The Morgan fingerprint density at radius 2 is 2.08 bits per heavy atom. The molecule has 0 atom stereocenters. The van der Waals surface area contributed by atoms with Crippen LogP contribution in [-0.4, -0.2) is 36.0 Å². The molecule has 0 aliphatic carbocycles. The zero-order chi connectivity index (χ0) is 17.2. The average Bonchev–Trinajstić information content (AvgIpc) is 3.22. The van der Waals surface area contributed by atoms with Crippen LogP contribution in [0.15, 0.2) is 24.4 Å². The Balaban J connectivity index is 1.48. The monoisotopic (exact) mass is 373 g/mol. The van der Waals surface area contributed by atoms with E-state index in [9.17, 15) is 4.79 Å². The van der Waals surface area contributed by atoms with Gasteiger partial charge in [-0.25, -0.2) is 9.97 Å². The van der Waals surface area contributed by atoms with Gasteiger partial charge in [-0.2, -0.15) is 0 Å². The molecule has 1 saturated heterocycles. The Morgan fingerprint density at radius 1 is 1.24 bits per heavy atom. The van der Waals surface area contributed by atoms with Gasteiger partial charge in [0, 0.05) is 31.8 Å². The molecule has 0 radical (unpaired) electrons. The quantitative estimate of drug-likeness (QED) is 0.628.